The molecule has 2 N–H and O–H groups in total. The van der Waals surface area contributed by atoms with Gasteiger partial charge in [0.15, 0.2) is 0 Å². The van der Waals surface area contributed by atoms with Gasteiger partial charge < -0.3 is 10.2 Å². The molecule has 0 bridgehead atoms. The number of fused-ring (bicyclic) bond motifs is 5. The van der Waals surface area contributed by atoms with Crippen LogP contribution in [0.2, 0.25) is 0 Å². The zero-order chi connectivity index (χ0) is 16.5. The topological polar surface area (TPSA) is 40.5 Å². The van der Waals surface area contributed by atoms with Crippen LogP contribution in [0.25, 0.3) is 0 Å². The van der Waals surface area contributed by atoms with E-state index in [1.54, 1.807) is 0 Å². The molecule has 0 amide bonds. The van der Waals surface area contributed by atoms with Crippen molar-refractivity contribution in [2.75, 3.05) is 0 Å². The number of aliphatic hydroxyl groups excluding tert-OH is 1. The van der Waals surface area contributed by atoms with Gasteiger partial charge in [0.1, 0.15) is 0 Å². The van der Waals surface area contributed by atoms with Crippen LogP contribution in [-0.4, -0.2) is 15.8 Å². The average molecular weight is 316 g/mol. The highest BCUT2D eigenvalue weighted by Gasteiger charge is 2.62. The molecule has 2 saturated carbocycles. The van der Waals surface area contributed by atoms with Crippen molar-refractivity contribution in [1.29, 1.82) is 0 Å². The van der Waals surface area contributed by atoms with Crippen molar-refractivity contribution in [2.24, 2.45) is 28.6 Å². The Labute approximate surface area is 140 Å². The summed E-state index contributed by atoms with van der Waals surface area (Å²) in [6, 6.07) is 0. The Kier molecular flexibility index (Phi) is 3.34. The van der Waals surface area contributed by atoms with E-state index in [1.807, 2.05) is 6.08 Å². The molecular weight excluding hydrogens is 284 g/mol. The van der Waals surface area contributed by atoms with Gasteiger partial charge in [-0.1, -0.05) is 26.8 Å². The van der Waals surface area contributed by atoms with Gasteiger partial charge in [0.2, 0.25) is 0 Å². The molecule has 0 radical (unpaired) electrons. The maximum atomic E-state index is 11.2. The third kappa shape index (κ3) is 1.91. The number of allylic oxidation sites excluding steroid dienone is 4. The maximum absolute atomic E-state index is 11.2. The maximum Gasteiger partial charge on any atom is 0.0925 e. The third-order valence-electron chi connectivity index (χ3n) is 8.65. The van der Waals surface area contributed by atoms with E-state index in [2.05, 4.69) is 26.8 Å². The molecule has 0 aliphatic heterocycles. The Hall–Kier alpha value is -0.760. The van der Waals surface area contributed by atoms with Crippen LogP contribution in [0.4, 0.5) is 0 Å². The van der Waals surface area contributed by atoms with Crippen LogP contribution in [0.1, 0.15) is 72.1 Å². The predicted octanol–water partition coefficient (Wildman–Crippen LogP) is 5.14. The van der Waals surface area contributed by atoms with Crippen molar-refractivity contribution in [2.45, 2.75) is 77.7 Å². The largest absolute Gasteiger partial charge is 0.512 e. The zero-order valence-corrected chi connectivity index (χ0v) is 14.9. The lowest BCUT2D eigenvalue weighted by Gasteiger charge is -2.58. The number of rotatable bonds is 1. The lowest BCUT2D eigenvalue weighted by molar-refractivity contribution is -0.123. The number of hydrogen-bond acceptors (Lipinski definition) is 2. The lowest BCUT2D eigenvalue weighted by Crippen LogP contribution is -2.53. The summed E-state index contributed by atoms with van der Waals surface area (Å²) in [5.41, 5.74) is 1.29. The first-order chi connectivity index (χ1) is 10.8. The van der Waals surface area contributed by atoms with E-state index in [4.69, 9.17) is 0 Å². The van der Waals surface area contributed by atoms with Crippen LogP contribution >= 0.6 is 0 Å². The first kappa shape index (κ1) is 15.7. The molecule has 0 aromatic carbocycles. The van der Waals surface area contributed by atoms with Gasteiger partial charge >= 0.3 is 0 Å². The van der Waals surface area contributed by atoms with Crippen LogP contribution < -0.4 is 0 Å². The standard InChI is InChI=1S/C21H32O2/c1-4-21(23)12-9-18-16-6-5-14-13-15(22)7-10-19(14,2)17(16)8-11-20(18,21)3/h5,13,16-18,22-23H,4,6-12H2,1-3H3/t16-,17+,18+,19+,20+,21-/m1/s1. The van der Waals surface area contributed by atoms with Crippen LogP contribution in [0.3, 0.4) is 0 Å². The van der Waals surface area contributed by atoms with Gasteiger partial charge in [0, 0.05) is 6.42 Å². The molecule has 0 unspecified atom stereocenters. The molecule has 0 saturated heterocycles. The molecule has 2 nitrogen and oxygen atoms in total. The summed E-state index contributed by atoms with van der Waals surface area (Å²) < 4.78 is 0. The highest BCUT2D eigenvalue weighted by Crippen LogP contribution is 2.67. The van der Waals surface area contributed by atoms with E-state index in [1.165, 1.54) is 24.8 Å². The Morgan fingerprint density at radius 1 is 1.13 bits per heavy atom. The molecule has 0 aromatic rings. The van der Waals surface area contributed by atoms with Gasteiger partial charge in [0.25, 0.3) is 0 Å². The summed E-state index contributed by atoms with van der Waals surface area (Å²) in [5, 5.41) is 21.2. The molecule has 0 spiro atoms. The third-order valence-corrected chi connectivity index (χ3v) is 8.65. The summed E-state index contributed by atoms with van der Waals surface area (Å²) in [7, 11) is 0. The summed E-state index contributed by atoms with van der Waals surface area (Å²) in [5.74, 6) is 2.68. The van der Waals surface area contributed by atoms with Gasteiger partial charge in [-0.25, -0.2) is 0 Å². The first-order valence-corrected chi connectivity index (χ1v) is 9.67. The van der Waals surface area contributed by atoms with Gasteiger partial charge in [-0.3, -0.25) is 0 Å². The molecule has 128 valence electrons. The summed E-state index contributed by atoms with van der Waals surface area (Å²) in [6.45, 7) is 6.97. The van der Waals surface area contributed by atoms with E-state index in [0.717, 1.165) is 43.9 Å². The molecule has 4 aliphatic carbocycles. The Balaban J connectivity index is 1.71. The van der Waals surface area contributed by atoms with Crippen molar-refractivity contribution < 1.29 is 10.2 Å². The van der Waals surface area contributed by atoms with Gasteiger partial charge in [0.05, 0.1) is 11.4 Å². The highest BCUT2D eigenvalue weighted by atomic mass is 16.3. The normalized spacial score (nSPS) is 52.1. The van der Waals surface area contributed by atoms with Crippen molar-refractivity contribution >= 4 is 0 Å². The molecule has 6 atom stereocenters. The van der Waals surface area contributed by atoms with Gasteiger partial charge in [-0.2, -0.15) is 0 Å². The van der Waals surface area contributed by atoms with E-state index in [9.17, 15) is 10.2 Å². The van der Waals surface area contributed by atoms with Crippen molar-refractivity contribution in [3.8, 4) is 0 Å². The Bertz CT molecular complexity index is 576. The van der Waals surface area contributed by atoms with Crippen molar-refractivity contribution in [3.05, 3.63) is 23.5 Å². The number of hydrogen-bond donors (Lipinski definition) is 2. The van der Waals surface area contributed by atoms with E-state index in [-0.39, 0.29) is 10.8 Å². The fourth-order valence-electron chi connectivity index (χ4n) is 7.00. The molecule has 4 aliphatic rings. The summed E-state index contributed by atoms with van der Waals surface area (Å²) in [6.07, 6.45) is 13.0. The smallest absolute Gasteiger partial charge is 0.0925 e. The molecule has 23 heavy (non-hydrogen) atoms. The van der Waals surface area contributed by atoms with Crippen LogP contribution in [0.5, 0.6) is 0 Å². The van der Waals surface area contributed by atoms with Crippen molar-refractivity contribution in [1.82, 2.24) is 0 Å². The van der Waals surface area contributed by atoms with Gasteiger partial charge in [-0.15, -0.1) is 0 Å². The molecular formula is C21H32O2. The quantitative estimate of drug-likeness (QED) is 0.703. The minimum absolute atomic E-state index is 0.108. The monoisotopic (exact) mass is 316 g/mol. The molecule has 0 heterocycles. The predicted molar refractivity (Wildman–Crippen MR) is 93.0 cm³/mol. The number of aliphatic hydroxyl groups is 2. The summed E-state index contributed by atoms with van der Waals surface area (Å²) >= 11 is 0. The second-order valence-corrected chi connectivity index (χ2v) is 9.21. The van der Waals surface area contributed by atoms with Gasteiger partial charge in [-0.05, 0) is 85.2 Å². The Morgan fingerprint density at radius 2 is 1.87 bits per heavy atom. The molecule has 2 heteroatoms. The zero-order valence-electron chi connectivity index (χ0n) is 14.9. The fourth-order valence-corrected chi connectivity index (χ4v) is 7.00. The fraction of sp³-hybridized carbons (Fsp3) is 0.810. The average Bonchev–Trinajstić information content (AvgIpc) is 2.80. The molecule has 4 rings (SSSR count). The highest BCUT2D eigenvalue weighted by molar-refractivity contribution is 5.35. The Morgan fingerprint density at radius 3 is 2.61 bits per heavy atom. The SMILES string of the molecule is CC[C@@]1(O)CC[C@H]2[C@@H]3CC=C4C=C(O)CC[C@]4(C)[C@H]3CC[C@@]21C. The minimum Gasteiger partial charge on any atom is -0.512 e. The molecule has 2 fully saturated rings. The van der Waals surface area contributed by atoms with Crippen LogP contribution in [0.15, 0.2) is 23.5 Å². The minimum atomic E-state index is -0.446. The first-order valence-electron chi connectivity index (χ1n) is 9.67. The lowest BCUT2D eigenvalue weighted by atomic mass is 9.47. The molecule has 0 aromatic heterocycles. The van der Waals surface area contributed by atoms with E-state index in [0.29, 0.717) is 11.7 Å². The van der Waals surface area contributed by atoms with Crippen LogP contribution in [0, 0.1) is 28.6 Å². The van der Waals surface area contributed by atoms with Crippen LogP contribution in [-0.2, 0) is 0 Å². The summed E-state index contributed by atoms with van der Waals surface area (Å²) in [4.78, 5) is 0. The van der Waals surface area contributed by atoms with Crippen molar-refractivity contribution in [3.63, 3.8) is 0 Å². The van der Waals surface area contributed by atoms with E-state index < -0.39 is 5.60 Å². The second-order valence-electron chi connectivity index (χ2n) is 9.21. The van der Waals surface area contributed by atoms with E-state index >= 15 is 0 Å². The second kappa shape index (κ2) is 4.88.